The van der Waals surface area contributed by atoms with E-state index in [1.807, 2.05) is 0 Å². The number of nitrogens with two attached hydrogens (primary N) is 1. The highest BCUT2D eigenvalue weighted by Crippen LogP contribution is 2.15. The number of nitrogens with one attached hydrogen (secondary N) is 2. The second-order valence-corrected chi connectivity index (χ2v) is 4.06. The quantitative estimate of drug-likeness (QED) is 0.607. The molecule has 0 amide bonds. The van der Waals surface area contributed by atoms with E-state index in [-0.39, 0.29) is 11.3 Å². The van der Waals surface area contributed by atoms with Crippen molar-refractivity contribution in [3.05, 3.63) is 28.6 Å². The third-order valence-electron chi connectivity index (χ3n) is 2.48. The molecule has 0 bridgehead atoms. The Kier molecular flexibility index (Phi) is 3.34. The topological polar surface area (TPSA) is 104 Å². The Labute approximate surface area is 106 Å². The number of hydrogen-bond acceptors (Lipinski definition) is 5. The molecule has 0 fully saturated rings. The summed E-state index contributed by atoms with van der Waals surface area (Å²) >= 11 is 0. The minimum Gasteiger partial charge on any atom is -0.399 e. The van der Waals surface area contributed by atoms with Gasteiger partial charge in [-0.1, -0.05) is 0 Å². The molecule has 8 heteroatoms. The maximum atomic E-state index is 12.9. The van der Waals surface area contributed by atoms with Crippen molar-refractivity contribution in [2.45, 2.75) is 5.92 Å². The number of alkyl halides is 2. The number of aliphatic hydroxyl groups excluding tert-OH is 1. The third-order valence-corrected chi connectivity index (χ3v) is 2.48. The number of halogens is 2. The zero-order valence-electron chi connectivity index (χ0n) is 9.78. The van der Waals surface area contributed by atoms with E-state index in [0.717, 1.165) is 0 Å². The minimum absolute atomic E-state index is 0.0876. The van der Waals surface area contributed by atoms with Crippen LogP contribution in [-0.4, -0.2) is 34.1 Å². The lowest BCUT2D eigenvalue weighted by Crippen LogP contribution is -2.32. The summed E-state index contributed by atoms with van der Waals surface area (Å²) in [7, 11) is 0. The molecule has 0 unspecified atom stereocenters. The SMILES string of the molecule is Nc1ccc2nc(NCC(F)(F)CO)[nH]c(=O)c2c1. The maximum absolute atomic E-state index is 12.9. The van der Waals surface area contributed by atoms with Crippen molar-refractivity contribution < 1.29 is 13.9 Å². The lowest BCUT2D eigenvalue weighted by atomic mass is 10.2. The van der Waals surface area contributed by atoms with Gasteiger partial charge in [0.25, 0.3) is 11.5 Å². The molecule has 2 rings (SSSR count). The summed E-state index contributed by atoms with van der Waals surface area (Å²) in [6.45, 7) is -2.11. The fourth-order valence-electron chi connectivity index (χ4n) is 1.51. The number of aromatic amines is 1. The van der Waals surface area contributed by atoms with Crippen molar-refractivity contribution in [1.29, 1.82) is 0 Å². The number of benzene rings is 1. The van der Waals surface area contributed by atoms with Crippen LogP contribution in [0.15, 0.2) is 23.0 Å². The largest absolute Gasteiger partial charge is 0.399 e. The summed E-state index contributed by atoms with van der Waals surface area (Å²) in [6.07, 6.45) is 0. The first-order chi connectivity index (χ1) is 8.91. The summed E-state index contributed by atoms with van der Waals surface area (Å²) in [5.74, 6) is -3.37. The van der Waals surface area contributed by atoms with Crippen LogP contribution in [0.1, 0.15) is 0 Å². The van der Waals surface area contributed by atoms with Gasteiger partial charge in [0, 0.05) is 5.69 Å². The zero-order valence-corrected chi connectivity index (χ0v) is 9.78. The summed E-state index contributed by atoms with van der Waals surface area (Å²) in [4.78, 5) is 18.0. The number of hydrogen-bond donors (Lipinski definition) is 4. The predicted octanol–water partition coefficient (Wildman–Crippen LogP) is 0.545. The van der Waals surface area contributed by atoms with E-state index in [1.165, 1.54) is 12.1 Å². The van der Waals surface area contributed by atoms with E-state index in [1.54, 1.807) is 6.07 Å². The number of aromatic nitrogens is 2. The van der Waals surface area contributed by atoms with Crippen molar-refractivity contribution in [3.8, 4) is 0 Å². The van der Waals surface area contributed by atoms with Crippen LogP contribution in [-0.2, 0) is 0 Å². The molecule has 1 heterocycles. The van der Waals surface area contributed by atoms with Crippen molar-refractivity contribution in [2.24, 2.45) is 0 Å². The van der Waals surface area contributed by atoms with Gasteiger partial charge in [0.2, 0.25) is 5.95 Å². The number of fused-ring (bicyclic) bond motifs is 1. The second kappa shape index (κ2) is 4.81. The Balaban J connectivity index is 2.31. The normalized spacial score (nSPS) is 11.7. The molecule has 0 saturated heterocycles. The number of anilines is 2. The van der Waals surface area contributed by atoms with Gasteiger partial charge in [0.1, 0.15) is 6.61 Å². The van der Waals surface area contributed by atoms with Gasteiger partial charge < -0.3 is 16.2 Å². The molecule has 1 aromatic heterocycles. The molecule has 0 radical (unpaired) electrons. The van der Waals surface area contributed by atoms with Gasteiger partial charge in [-0.05, 0) is 18.2 Å². The molecule has 0 atom stereocenters. The Hall–Kier alpha value is -2.22. The highest BCUT2D eigenvalue weighted by Gasteiger charge is 2.27. The van der Waals surface area contributed by atoms with Gasteiger partial charge in [0.15, 0.2) is 0 Å². The van der Waals surface area contributed by atoms with Crippen LogP contribution in [0.25, 0.3) is 10.9 Å². The molecule has 0 aliphatic carbocycles. The molecule has 0 spiro atoms. The Morgan fingerprint density at radius 3 is 2.89 bits per heavy atom. The smallest absolute Gasteiger partial charge is 0.287 e. The highest BCUT2D eigenvalue weighted by atomic mass is 19.3. The Morgan fingerprint density at radius 1 is 1.47 bits per heavy atom. The fraction of sp³-hybridized carbons (Fsp3) is 0.273. The van der Waals surface area contributed by atoms with Crippen LogP contribution in [0.5, 0.6) is 0 Å². The first-order valence-corrected chi connectivity index (χ1v) is 5.43. The number of nitrogens with zero attached hydrogens (tertiary/aromatic N) is 1. The average Bonchev–Trinajstić information content (AvgIpc) is 2.37. The van der Waals surface area contributed by atoms with Crippen LogP contribution in [0.4, 0.5) is 20.4 Å². The van der Waals surface area contributed by atoms with Crippen LogP contribution >= 0.6 is 0 Å². The van der Waals surface area contributed by atoms with Gasteiger partial charge in [-0.2, -0.15) is 0 Å². The lowest BCUT2D eigenvalue weighted by molar-refractivity contribution is -0.0374. The van der Waals surface area contributed by atoms with E-state index >= 15 is 0 Å². The van der Waals surface area contributed by atoms with E-state index in [4.69, 9.17) is 10.8 Å². The molecule has 1 aromatic carbocycles. The fourth-order valence-corrected chi connectivity index (χ4v) is 1.51. The molecule has 102 valence electrons. The van der Waals surface area contributed by atoms with Crippen LogP contribution in [0, 0.1) is 0 Å². The maximum Gasteiger partial charge on any atom is 0.287 e. The molecule has 0 saturated carbocycles. The zero-order chi connectivity index (χ0) is 14.0. The molecular weight excluding hydrogens is 258 g/mol. The van der Waals surface area contributed by atoms with Crippen molar-refractivity contribution in [3.63, 3.8) is 0 Å². The summed E-state index contributed by atoms with van der Waals surface area (Å²) in [6, 6.07) is 4.53. The van der Waals surface area contributed by atoms with Gasteiger partial charge in [-0.25, -0.2) is 13.8 Å². The standard InChI is InChI=1S/C11H12F2N4O2/c12-11(13,5-18)4-15-10-16-8-2-1-6(14)3-7(8)9(19)17-10/h1-3,18H,4-5,14H2,(H2,15,16,17,19). The molecule has 19 heavy (non-hydrogen) atoms. The van der Waals surface area contributed by atoms with Gasteiger partial charge >= 0.3 is 0 Å². The Morgan fingerprint density at radius 2 is 2.21 bits per heavy atom. The minimum atomic E-state index is -3.28. The molecule has 2 aromatic rings. The monoisotopic (exact) mass is 270 g/mol. The summed E-state index contributed by atoms with van der Waals surface area (Å²) in [5, 5.41) is 11.0. The number of H-pyrrole nitrogens is 1. The number of nitrogen functional groups attached to an aromatic ring is 1. The first-order valence-electron chi connectivity index (χ1n) is 5.43. The summed E-state index contributed by atoms with van der Waals surface area (Å²) in [5.41, 5.74) is 5.81. The molecule has 6 nitrogen and oxygen atoms in total. The van der Waals surface area contributed by atoms with Crippen molar-refractivity contribution in [1.82, 2.24) is 9.97 Å². The van der Waals surface area contributed by atoms with E-state index < -0.39 is 24.6 Å². The van der Waals surface area contributed by atoms with Gasteiger partial charge in [-0.3, -0.25) is 9.78 Å². The Bertz CT molecular complexity index is 657. The van der Waals surface area contributed by atoms with Crippen LogP contribution in [0.3, 0.4) is 0 Å². The average molecular weight is 270 g/mol. The van der Waals surface area contributed by atoms with E-state index in [0.29, 0.717) is 11.2 Å². The molecule has 0 aliphatic rings. The van der Waals surface area contributed by atoms with Gasteiger partial charge in [0.05, 0.1) is 17.4 Å². The summed E-state index contributed by atoms with van der Waals surface area (Å²) < 4.78 is 25.7. The van der Waals surface area contributed by atoms with Crippen molar-refractivity contribution >= 4 is 22.5 Å². The van der Waals surface area contributed by atoms with E-state index in [2.05, 4.69) is 15.3 Å². The van der Waals surface area contributed by atoms with E-state index in [9.17, 15) is 13.6 Å². The molecule has 0 aliphatic heterocycles. The van der Waals surface area contributed by atoms with Crippen LogP contribution < -0.4 is 16.6 Å². The first kappa shape index (κ1) is 13.2. The molecule has 5 N–H and O–H groups in total. The molecular formula is C11H12F2N4O2. The van der Waals surface area contributed by atoms with Crippen LogP contribution in [0.2, 0.25) is 0 Å². The predicted molar refractivity (Wildman–Crippen MR) is 67.3 cm³/mol. The van der Waals surface area contributed by atoms with Crippen molar-refractivity contribution in [2.75, 3.05) is 24.2 Å². The van der Waals surface area contributed by atoms with Gasteiger partial charge in [-0.15, -0.1) is 0 Å². The number of aliphatic hydroxyl groups is 1. The highest BCUT2D eigenvalue weighted by molar-refractivity contribution is 5.81. The lowest BCUT2D eigenvalue weighted by Gasteiger charge is -2.14. The third kappa shape index (κ3) is 2.97. The second-order valence-electron chi connectivity index (χ2n) is 4.06. The number of rotatable bonds is 4.